The molecule has 7 heteroatoms. The van der Waals surface area contributed by atoms with Crippen molar-refractivity contribution >= 4 is 5.91 Å². The van der Waals surface area contributed by atoms with Crippen LogP contribution in [0.25, 0.3) is 0 Å². The van der Waals surface area contributed by atoms with Gasteiger partial charge in [0.15, 0.2) is 10.8 Å². The number of aliphatic hydroxyl groups is 1. The molecule has 0 unspecified atom stereocenters. The lowest BCUT2D eigenvalue weighted by Gasteiger charge is -2.48. The number of methoxy groups -OCH3 is 1. The lowest BCUT2D eigenvalue weighted by atomic mass is 9.49. The summed E-state index contributed by atoms with van der Waals surface area (Å²) in [6.45, 7) is 1.67. The van der Waals surface area contributed by atoms with Crippen molar-refractivity contribution in [2.45, 2.75) is 25.0 Å². The summed E-state index contributed by atoms with van der Waals surface area (Å²) in [7, 11) is 1.52. The lowest BCUT2D eigenvalue weighted by Crippen LogP contribution is -2.56. The Bertz CT molecular complexity index is 846. The second kappa shape index (κ2) is 5.21. The molecule has 1 saturated carbocycles. The molecule has 1 aromatic carbocycles. The number of fused-ring (bicyclic) bond motifs is 2. The van der Waals surface area contributed by atoms with E-state index in [-0.39, 0.29) is 6.42 Å². The molecule has 25 heavy (non-hydrogen) atoms. The SMILES string of the molecule is COc1ccc([C@H]2[C@H](C)[C@@]3(O)C[C@](C#N)(C(=O)N3)C2(C#N)C#N)cc1. The predicted octanol–water partition coefficient (Wildman–Crippen LogP) is 1.18. The predicted molar refractivity (Wildman–Crippen MR) is 84.3 cm³/mol. The number of amides is 1. The van der Waals surface area contributed by atoms with Crippen molar-refractivity contribution < 1.29 is 14.6 Å². The van der Waals surface area contributed by atoms with Gasteiger partial charge in [-0.05, 0) is 17.7 Å². The van der Waals surface area contributed by atoms with Crippen LogP contribution in [0.15, 0.2) is 24.3 Å². The molecular formula is C18H16N4O3. The molecule has 0 aromatic heterocycles. The zero-order chi connectivity index (χ0) is 18.5. The topological polar surface area (TPSA) is 130 Å². The largest absolute Gasteiger partial charge is 0.497 e. The molecule has 1 aliphatic carbocycles. The Labute approximate surface area is 145 Å². The van der Waals surface area contributed by atoms with Gasteiger partial charge in [0.2, 0.25) is 5.91 Å². The summed E-state index contributed by atoms with van der Waals surface area (Å²) in [4.78, 5) is 12.6. The van der Waals surface area contributed by atoms with E-state index < -0.39 is 34.3 Å². The molecule has 1 aromatic rings. The molecule has 126 valence electrons. The van der Waals surface area contributed by atoms with E-state index >= 15 is 0 Å². The van der Waals surface area contributed by atoms with Crippen LogP contribution < -0.4 is 10.1 Å². The van der Waals surface area contributed by atoms with Crippen LogP contribution in [0.2, 0.25) is 0 Å². The third kappa shape index (κ3) is 1.83. The lowest BCUT2D eigenvalue weighted by molar-refractivity contribution is -0.128. The Morgan fingerprint density at radius 1 is 1.20 bits per heavy atom. The van der Waals surface area contributed by atoms with E-state index in [2.05, 4.69) is 5.32 Å². The van der Waals surface area contributed by atoms with Gasteiger partial charge in [-0.1, -0.05) is 19.1 Å². The van der Waals surface area contributed by atoms with Gasteiger partial charge in [0.1, 0.15) is 11.5 Å². The van der Waals surface area contributed by atoms with E-state index in [0.29, 0.717) is 11.3 Å². The molecule has 1 amide bonds. The Hall–Kier alpha value is -3.08. The minimum absolute atomic E-state index is 0.287. The number of nitriles is 3. The molecule has 2 bridgehead atoms. The summed E-state index contributed by atoms with van der Waals surface area (Å²) in [6.07, 6.45) is -0.287. The van der Waals surface area contributed by atoms with Crippen molar-refractivity contribution in [3.63, 3.8) is 0 Å². The van der Waals surface area contributed by atoms with Crippen molar-refractivity contribution in [2.75, 3.05) is 7.11 Å². The second-order valence-corrected chi connectivity index (χ2v) is 6.64. The molecule has 0 radical (unpaired) electrons. The number of nitrogens with one attached hydrogen (secondary N) is 1. The first kappa shape index (κ1) is 16.8. The molecule has 7 nitrogen and oxygen atoms in total. The smallest absolute Gasteiger partial charge is 0.245 e. The summed E-state index contributed by atoms with van der Waals surface area (Å²) in [6, 6.07) is 12.5. The molecule has 3 rings (SSSR count). The molecule has 1 saturated heterocycles. The summed E-state index contributed by atoms with van der Waals surface area (Å²) >= 11 is 0. The van der Waals surface area contributed by atoms with Gasteiger partial charge in [0, 0.05) is 18.3 Å². The minimum Gasteiger partial charge on any atom is -0.497 e. The van der Waals surface area contributed by atoms with Crippen LogP contribution >= 0.6 is 0 Å². The Morgan fingerprint density at radius 3 is 2.28 bits per heavy atom. The van der Waals surface area contributed by atoms with Crippen molar-refractivity contribution in [3.8, 4) is 24.0 Å². The number of rotatable bonds is 2. The average molecular weight is 336 g/mol. The fraction of sp³-hybridized carbons (Fsp3) is 0.444. The first-order valence-electron chi connectivity index (χ1n) is 7.77. The molecule has 1 heterocycles. The quantitative estimate of drug-likeness (QED) is 0.834. The average Bonchev–Trinajstić information content (AvgIpc) is 2.89. The maximum Gasteiger partial charge on any atom is 0.245 e. The molecule has 2 fully saturated rings. The first-order valence-corrected chi connectivity index (χ1v) is 7.77. The van der Waals surface area contributed by atoms with E-state index in [9.17, 15) is 25.7 Å². The highest BCUT2D eigenvalue weighted by molar-refractivity contribution is 5.92. The van der Waals surface area contributed by atoms with Crippen LogP contribution in [0.3, 0.4) is 0 Å². The summed E-state index contributed by atoms with van der Waals surface area (Å²) in [5, 5.41) is 42.9. The molecule has 2 aliphatic rings. The van der Waals surface area contributed by atoms with Crippen LogP contribution in [-0.4, -0.2) is 23.8 Å². The van der Waals surface area contributed by atoms with E-state index in [0.717, 1.165) is 0 Å². The van der Waals surface area contributed by atoms with Crippen LogP contribution in [0, 0.1) is 50.7 Å². The van der Waals surface area contributed by atoms with E-state index in [4.69, 9.17) is 4.74 Å². The minimum atomic E-state index is -1.93. The number of nitrogens with zero attached hydrogens (tertiary/aromatic N) is 3. The highest BCUT2D eigenvalue weighted by atomic mass is 16.5. The van der Waals surface area contributed by atoms with Crippen LogP contribution in [0.1, 0.15) is 24.8 Å². The fourth-order valence-corrected chi connectivity index (χ4v) is 4.22. The van der Waals surface area contributed by atoms with Gasteiger partial charge in [0.25, 0.3) is 0 Å². The van der Waals surface area contributed by atoms with Gasteiger partial charge in [-0.25, -0.2) is 0 Å². The number of carbonyl (C=O) groups is 1. The number of hydrogen-bond acceptors (Lipinski definition) is 6. The fourth-order valence-electron chi connectivity index (χ4n) is 4.22. The van der Waals surface area contributed by atoms with E-state index in [1.165, 1.54) is 7.11 Å². The van der Waals surface area contributed by atoms with Crippen molar-refractivity contribution in [3.05, 3.63) is 29.8 Å². The van der Waals surface area contributed by atoms with Crippen molar-refractivity contribution in [2.24, 2.45) is 16.7 Å². The maximum atomic E-state index is 12.6. The van der Waals surface area contributed by atoms with Crippen LogP contribution in [0.5, 0.6) is 5.75 Å². The van der Waals surface area contributed by atoms with E-state index in [1.54, 1.807) is 31.2 Å². The van der Waals surface area contributed by atoms with Gasteiger partial charge in [-0.2, -0.15) is 15.8 Å². The van der Waals surface area contributed by atoms with Gasteiger partial charge in [0.05, 0.1) is 25.3 Å². The number of ether oxygens (including phenoxy) is 1. The molecule has 2 N–H and O–H groups in total. The van der Waals surface area contributed by atoms with E-state index in [1.807, 2.05) is 18.2 Å². The summed E-state index contributed by atoms with van der Waals surface area (Å²) in [5.74, 6) is -1.65. The number of hydrogen-bond donors (Lipinski definition) is 2. The Balaban J connectivity index is 2.28. The van der Waals surface area contributed by atoms with Crippen LogP contribution in [-0.2, 0) is 4.79 Å². The monoisotopic (exact) mass is 336 g/mol. The molecular weight excluding hydrogens is 320 g/mol. The number of benzene rings is 1. The highest BCUT2D eigenvalue weighted by Gasteiger charge is 2.76. The second-order valence-electron chi connectivity index (χ2n) is 6.64. The Morgan fingerprint density at radius 2 is 1.80 bits per heavy atom. The molecule has 0 spiro atoms. The number of carbonyl (C=O) groups excluding carboxylic acids is 1. The third-order valence-electron chi connectivity index (χ3n) is 5.66. The zero-order valence-electron chi connectivity index (χ0n) is 13.8. The zero-order valence-corrected chi connectivity index (χ0v) is 13.8. The standard InChI is InChI=1S/C18H16N4O3/c1-11-14(12-3-5-13(25-2)6-4-12)17(9-20,10-21)16(8-19)7-18(11,24)22-15(16)23/h3-6,11,14,24H,7H2,1-2H3,(H,22,23)/t11-,14+,16-,18-/m0/s1. The third-order valence-corrected chi connectivity index (χ3v) is 5.66. The van der Waals surface area contributed by atoms with Crippen molar-refractivity contribution in [1.29, 1.82) is 15.8 Å². The summed E-state index contributed by atoms with van der Waals surface area (Å²) < 4.78 is 5.12. The van der Waals surface area contributed by atoms with Gasteiger partial charge < -0.3 is 15.2 Å². The molecule has 4 atom stereocenters. The van der Waals surface area contributed by atoms with Crippen LogP contribution in [0.4, 0.5) is 0 Å². The van der Waals surface area contributed by atoms with Gasteiger partial charge >= 0.3 is 0 Å². The summed E-state index contributed by atoms with van der Waals surface area (Å²) in [5.41, 5.74) is -4.90. The Kier molecular flexibility index (Phi) is 3.49. The van der Waals surface area contributed by atoms with Gasteiger partial charge in [-0.15, -0.1) is 0 Å². The van der Waals surface area contributed by atoms with Crippen molar-refractivity contribution in [1.82, 2.24) is 5.32 Å². The maximum absolute atomic E-state index is 12.6. The highest BCUT2D eigenvalue weighted by Crippen LogP contribution is 2.64. The molecule has 1 aliphatic heterocycles. The normalized spacial score (nSPS) is 35.0. The first-order chi connectivity index (χ1) is 11.8. The van der Waals surface area contributed by atoms with Gasteiger partial charge in [-0.3, -0.25) is 4.79 Å².